The Morgan fingerprint density at radius 2 is 2.33 bits per heavy atom. The Bertz CT molecular complexity index is 475. The zero-order chi connectivity index (χ0) is 13.0. The second-order valence-electron chi connectivity index (χ2n) is 4.33. The molecule has 96 valence electrons. The standard InChI is InChI=1S/C15H18O3/c1-11-8-15(18-10-11)13-9-12(4-3-7-16)5-6-14(13)17-2/h3-6,8-9,15-16H,7,10H2,1-2H3/t15-/m1/s1. The topological polar surface area (TPSA) is 38.7 Å². The van der Waals surface area contributed by atoms with Gasteiger partial charge < -0.3 is 14.6 Å². The lowest BCUT2D eigenvalue weighted by atomic mass is 10.0. The Kier molecular flexibility index (Phi) is 4.18. The molecule has 1 aromatic carbocycles. The molecule has 0 bridgehead atoms. The minimum atomic E-state index is -0.0394. The van der Waals surface area contributed by atoms with Gasteiger partial charge in [-0.2, -0.15) is 0 Å². The Morgan fingerprint density at radius 1 is 1.50 bits per heavy atom. The van der Waals surface area contributed by atoms with Gasteiger partial charge >= 0.3 is 0 Å². The van der Waals surface area contributed by atoms with Crippen molar-refractivity contribution >= 4 is 6.08 Å². The van der Waals surface area contributed by atoms with E-state index < -0.39 is 0 Å². The molecule has 1 aliphatic rings. The average molecular weight is 246 g/mol. The van der Waals surface area contributed by atoms with Crippen LogP contribution in [0.15, 0.2) is 35.9 Å². The fourth-order valence-electron chi connectivity index (χ4n) is 2.02. The molecule has 1 aromatic rings. The maximum absolute atomic E-state index is 8.80. The van der Waals surface area contributed by atoms with Crippen LogP contribution in [0.5, 0.6) is 5.75 Å². The number of hydrogen-bond acceptors (Lipinski definition) is 3. The molecular weight excluding hydrogens is 228 g/mol. The van der Waals surface area contributed by atoms with Crippen molar-refractivity contribution in [1.82, 2.24) is 0 Å². The van der Waals surface area contributed by atoms with E-state index >= 15 is 0 Å². The molecule has 3 heteroatoms. The zero-order valence-electron chi connectivity index (χ0n) is 10.7. The third kappa shape index (κ3) is 2.81. The molecule has 0 saturated heterocycles. The molecule has 0 aromatic heterocycles. The van der Waals surface area contributed by atoms with E-state index in [4.69, 9.17) is 14.6 Å². The van der Waals surface area contributed by atoms with Gasteiger partial charge in [-0.25, -0.2) is 0 Å². The monoisotopic (exact) mass is 246 g/mol. The summed E-state index contributed by atoms with van der Waals surface area (Å²) in [6.45, 7) is 2.77. The van der Waals surface area contributed by atoms with Crippen LogP contribution < -0.4 is 4.74 Å². The van der Waals surface area contributed by atoms with Crippen molar-refractivity contribution in [3.8, 4) is 5.75 Å². The number of aliphatic hydroxyl groups is 1. The lowest BCUT2D eigenvalue weighted by Crippen LogP contribution is -2.00. The van der Waals surface area contributed by atoms with E-state index in [-0.39, 0.29) is 12.7 Å². The Morgan fingerprint density at radius 3 is 2.94 bits per heavy atom. The number of hydrogen-bond donors (Lipinski definition) is 1. The van der Waals surface area contributed by atoms with Crippen LogP contribution in [0, 0.1) is 0 Å². The van der Waals surface area contributed by atoms with Crippen molar-refractivity contribution in [3.63, 3.8) is 0 Å². The van der Waals surface area contributed by atoms with Gasteiger partial charge in [0.05, 0.1) is 20.3 Å². The molecule has 1 aliphatic heterocycles. The molecule has 0 fully saturated rings. The summed E-state index contributed by atoms with van der Waals surface area (Å²) in [6, 6.07) is 5.92. The van der Waals surface area contributed by atoms with Crippen LogP contribution in [0.3, 0.4) is 0 Å². The van der Waals surface area contributed by atoms with Crippen LogP contribution in [-0.4, -0.2) is 25.4 Å². The van der Waals surface area contributed by atoms with Crippen LogP contribution in [-0.2, 0) is 4.74 Å². The molecule has 18 heavy (non-hydrogen) atoms. The van der Waals surface area contributed by atoms with Crippen molar-refractivity contribution in [3.05, 3.63) is 47.1 Å². The fourth-order valence-corrected chi connectivity index (χ4v) is 2.02. The first-order valence-corrected chi connectivity index (χ1v) is 5.99. The summed E-state index contributed by atoms with van der Waals surface area (Å²) in [5, 5.41) is 8.80. The smallest absolute Gasteiger partial charge is 0.125 e. The van der Waals surface area contributed by atoms with E-state index in [9.17, 15) is 0 Å². The number of ether oxygens (including phenoxy) is 2. The normalized spacial score (nSPS) is 19.3. The summed E-state index contributed by atoms with van der Waals surface area (Å²) in [5.41, 5.74) is 3.29. The molecule has 0 unspecified atom stereocenters. The third-order valence-electron chi connectivity index (χ3n) is 2.90. The molecule has 0 radical (unpaired) electrons. The summed E-state index contributed by atoms with van der Waals surface area (Å²) in [4.78, 5) is 0. The number of methoxy groups -OCH3 is 1. The van der Waals surface area contributed by atoms with Gasteiger partial charge in [0.1, 0.15) is 11.9 Å². The highest BCUT2D eigenvalue weighted by Gasteiger charge is 2.19. The van der Waals surface area contributed by atoms with E-state index in [1.165, 1.54) is 5.57 Å². The highest BCUT2D eigenvalue weighted by molar-refractivity contribution is 5.54. The highest BCUT2D eigenvalue weighted by atomic mass is 16.5. The Hall–Kier alpha value is -1.58. The first-order valence-electron chi connectivity index (χ1n) is 5.99. The molecule has 3 nitrogen and oxygen atoms in total. The van der Waals surface area contributed by atoms with Crippen molar-refractivity contribution in [1.29, 1.82) is 0 Å². The largest absolute Gasteiger partial charge is 0.496 e. The second-order valence-corrected chi connectivity index (χ2v) is 4.33. The predicted molar refractivity (Wildman–Crippen MR) is 71.6 cm³/mol. The van der Waals surface area contributed by atoms with Crippen LogP contribution >= 0.6 is 0 Å². The summed E-state index contributed by atoms with van der Waals surface area (Å²) in [7, 11) is 1.66. The third-order valence-corrected chi connectivity index (χ3v) is 2.90. The Balaban J connectivity index is 2.33. The van der Waals surface area contributed by atoms with Gasteiger partial charge in [-0.05, 0) is 30.2 Å². The SMILES string of the molecule is COc1ccc(C=CCO)cc1[C@H]1C=C(C)CO1. The van der Waals surface area contributed by atoms with Gasteiger partial charge in [-0.15, -0.1) is 0 Å². The maximum atomic E-state index is 8.80. The van der Waals surface area contributed by atoms with E-state index in [0.29, 0.717) is 6.61 Å². The van der Waals surface area contributed by atoms with E-state index in [1.54, 1.807) is 13.2 Å². The fraction of sp³-hybridized carbons (Fsp3) is 0.333. The molecule has 1 atom stereocenters. The minimum Gasteiger partial charge on any atom is -0.496 e. The van der Waals surface area contributed by atoms with Crippen LogP contribution in [0.25, 0.3) is 6.08 Å². The van der Waals surface area contributed by atoms with Crippen molar-refractivity contribution < 1.29 is 14.6 Å². The summed E-state index contributed by atoms with van der Waals surface area (Å²) in [6.07, 6.45) is 5.66. The van der Waals surface area contributed by atoms with Gasteiger partial charge in [0, 0.05) is 5.56 Å². The summed E-state index contributed by atoms with van der Waals surface area (Å²) >= 11 is 0. The zero-order valence-corrected chi connectivity index (χ0v) is 10.7. The lowest BCUT2D eigenvalue weighted by Gasteiger charge is -2.14. The number of benzene rings is 1. The highest BCUT2D eigenvalue weighted by Crippen LogP contribution is 2.33. The minimum absolute atomic E-state index is 0.0394. The Labute approximate surface area is 107 Å². The molecule has 0 aliphatic carbocycles. The van der Waals surface area contributed by atoms with Crippen LogP contribution in [0.2, 0.25) is 0 Å². The number of rotatable bonds is 4. The summed E-state index contributed by atoms with van der Waals surface area (Å²) in [5.74, 6) is 0.826. The molecule has 1 heterocycles. The van der Waals surface area contributed by atoms with E-state index in [0.717, 1.165) is 16.9 Å². The predicted octanol–water partition coefficient (Wildman–Crippen LogP) is 2.72. The second kappa shape index (κ2) is 5.85. The average Bonchev–Trinajstić information content (AvgIpc) is 2.82. The molecule has 2 rings (SSSR count). The first kappa shape index (κ1) is 12.9. The molecule has 0 spiro atoms. The molecule has 0 amide bonds. The van der Waals surface area contributed by atoms with Crippen LogP contribution in [0.1, 0.15) is 24.2 Å². The van der Waals surface area contributed by atoms with Gasteiger partial charge in [-0.1, -0.05) is 24.3 Å². The van der Waals surface area contributed by atoms with Crippen molar-refractivity contribution in [2.75, 3.05) is 20.3 Å². The van der Waals surface area contributed by atoms with Gasteiger partial charge in [-0.3, -0.25) is 0 Å². The first-order chi connectivity index (χ1) is 8.74. The van der Waals surface area contributed by atoms with Gasteiger partial charge in [0.2, 0.25) is 0 Å². The molecular formula is C15H18O3. The van der Waals surface area contributed by atoms with Crippen molar-refractivity contribution in [2.45, 2.75) is 13.0 Å². The summed E-state index contributed by atoms with van der Waals surface area (Å²) < 4.78 is 11.1. The maximum Gasteiger partial charge on any atom is 0.125 e. The van der Waals surface area contributed by atoms with Gasteiger partial charge in [0.25, 0.3) is 0 Å². The van der Waals surface area contributed by atoms with E-state index in [2.05, 4.69) is 13.0 Å². The lowest BCUT2D eigenvalue weighted by molar-refractivity contribution is 0.124. The molecule has 1 N–H and O–H groups in total. The van der Waals surface area contributed by atoms with E-state index in [1.807, 2.05) is 24.3 Å². The van der Waals surface area contributed by atoms with Crippen LogP contribution in [0.4, 0.5) is 0 Å². The number of aliphatic hydroxyl groups excluding tert-OH is 1. The van der Waals surface area contributed by atoms with Crippen molar-refractivity contribution in [2.24, 2.45) is 0 Å². The van der Waals surface area contributed by atoms with Gasteiger partial charge in [0.15, 0.2) is 0 Å². The quantitative estimate of drug-likeness (QED) is 0.830. The molecule has 0 saturated carbocycles.